The van der Waals surface area contributed by atoms with Gasteiger partial charge in [-0.1, -0.05) is 44.2 Å². The van der Waals surface area contributed by atoms with Crippen molar-refractivity contribution in [2.75, 3.05) is 20.1 Å². The summed E-state index contributed by atoms with van der Waals surface area (Å²) in [5.74, 6) is 0.446. The minimum absolute atomic E-state index is 0.446. The van der Waals surface area contributed by atoms with Crippen LogP contribution in [0.15, 0.2) is 30.3 Å². The molecule has 0 saturated carbocycles. The summed E-state index contributed by atoms with van der Waals surface area (Å²) in [4.78, 5) is 2.45. The Morgan fingerprint density at radius 1 is 1.12 bits per heavy atom. The number of nitrogens with two attached hydrogens (primary N) is 1. The fourth-order valence-electron chi connectivity index (χ4n) is 2.45. The highest BCUT2D eigenvalue weighted by molar-refractivity contribution is 5.20. The molecule has 1 aromatic rings. The second-order valence-electron chi connectivity index (χ2n) is 4.75. The van der Waals surface area contributed by atoms with Crippen molar-refractivity contribution in [2.45, 2.75) is 38.6 Å². The minimum Gasteiger partial charge on any atom is -0.330 e. The summed E-state index contributed by atoms with van der Waals surface area (Å²) in [6.07, 6.45) is 2.41. The third-order valence-electron chi connectivity index (χ3n) is 3.63. The molecule has 2 N–H and O–H groups in total. The maximum absolute atomic E-state index is 5.91. The van der Waals surface area contributed by atoms with E-state index in [0.29, 0.717) is 18.5 Å². The summed E-state index contributed by atoms with van der Waals surface area (Å²) in [5, 5.41) is 0. The van der Waals surface area contributed by atoms with E-state index in [2.05, 4.69) is 56.1 Å². The number of nitrogens with zero attached hydrogens (tertiary/aromatic N) is 1. The van der Waals surface area contributed by atoms with E-state index in [1.807, 2.05) is 0 Å². The summed E-state index contributed by atoms with van der Waals surface area (Å²) in [6, 6.07) is 11.3. The van der Waals surface area contributed by atoms with Crippen molar-refractivity contribution in [3.05, 3.63) is 35.9 Å². The van der Waals surface area contributed by atoms with Crippen LogP contribution in [-0.4, -0.2) is 31.1 Å². The van der Waals surface area contributed by atoms with E-state index in [-0.39, 0.29) is 0 Å². The van der Waals surface area contributed by atoms with Gasteiger partial charge < -0.3 is 10.6 Å². The van der Waals surface area contributed by atoms with Crippen molar-refractivity contribution in [3.8, 4) is 0 Å². The van der Waals surface area contributed by atoms with Crippen molar-refractivity contribution in [1.82, 2.24) is 4.90 Å². The normalized spacial score (nSPS) is 13.3. The lowest BCUT2D eigenvalue weighted by Crippen LogP contribution is -2.36. The van der Waals surface area contributed by atoms with Crippen LogP contribution in [0.3, 0.4) is 0 Å². The molecule has 2 heteroatoms. The van der Waals surface area contributed by atoms with Gasteiger partial charge in [0.25, 0.3) is 0 Å². The van der Waals surface area contributed by atoms with Crippen molar-refractivity contribution < 1.29 is 0 Å². The van der Waals surface area contributed by atoms with Gasteiger partial charge >= 0.3 is 0 Å². The minimum atomic E-state index is 0.446. The third-order valence-corrected chi connectivity index (χ3v) is 3.63. The van der Waals surface area contributed by atoms with Gasteiger partial charge in [-0.05, 0) is 25.5 Å². The van der Waals surface area contributed by atoms with E-state index in [9.17, 15) is 0 Å². The Morgan fingerprint density at radius 3 is 2.18 bits per heavy atom. The number of rotatable bonds is 7. The van der Waals surface area contributed by atoms with Gasteiger partial charge in [0.1, 0.15) is 0 Å². The Labute approximate surface area is 106 Å². The van der Waals surface area contributed by atoms with Crippen molar-refractivity contribution in [1.29, 1.82) is 0 Å². The Kier molecular flexibility index (Phi) is 6.23. The molecule has 1 rings (SSSR count). The van der Waals surface area contributed by atoms with Gasteiger partial charge in [-0.25, -0.2) is 0 Å². The molecule has 96 valence electrons. The van der Waals surface area contributed by atoms with Gasteiger partial charge in [0, 0.05) is 25.0 Å². The zero-order chi connectivity index (χ0) is 12.7. The van der Waals surface area contributed by atoms with Crippen LogP contribution in [0.1, 0.15) is 38.2 Å². The van der Waals surface area contributed by atoms with Gasteiger partial charge in [-0.15, -0.1) is 0 Å². The number of hydrogen-bond acceptors (Lipinski definition) is 2. The molecule has 0 spiro atoms. The van der Waals surface area contributed by atoms with E-state index >= 15 is 0 Å². The summed E-state index contributed by atoms with van der Waals surface area (Å²) in [5.41, 5.74) is 7.26. The van der Waals surface area contributed by atoms with Gasteiger partial charge in [0.05, 0.1) is 0 Å². The zero-order valence-corrected chi connectivity index (χ0v) is 11.4. The molecule has 0 radical (unpaired) electrons. The predicted molar refractivity (Wildman–Crippen MR) is 75.2 cm³/mol. The molecule has 0 fully saturated rings. The standard InChI is InChI=1S/C15H26N2/c1-4-15(5-2)17(3)12-14(11-16)13-9-7-6-8-10-13/h6-10,14-15H,4-5,11-12,16H2,1-3H3. The first-order valence-electron chi connectivity index (χ1n) is 6.68. The van der Waals surface area contributed by atoms with Gasteiger partial charge in [0.15, 0.2) is 0 Å². The summed E-state index contributed by atoms with van der Waals surface area (Å²) in [7, 11) is 2.21. The molecule has 1 atom stereocenters. The molecule has 1 unspecified atom stereocenters. The second kappa shape index (κ2) is 7.46. The highest BCUT2D eigenvalue weighted by atomic mass is 15.1. The molecule has 0 aliphatic heterocycles. The van der Waals surface area contributed by atoms with E-state index in [1.165, 1.54) is 18.4 Å². The van der Waals surface area contributed by atoms with E-state index in [1.54, 1.807) is 0 Å². The van der Waals surface area contributed by atoms with Crippen LogP contribution in [0.2, 0.25) is 0 Å². The Bertz CT molecular complexity index is 293. The molecule has 0 saturated heterocycles. The molecule has 0 aliphatic rings. The van der Waals surface area contributed by atoms with Crippen molar-refractivity contribution >= 4 is 0 Å². The Morgan fingerprint density at radius 2 is 1.71 bits per heavy atom. The summed E-state index contributed by atoms with van der Waals surface area (Å²) >= 11 is 0. The maximum atomic E-state index is 5.91. The van der Waals surface area contributed by atoms with Crippen LogP contribution in [0.4, 0.5) is 0 Å². The van der Waals surface area contributed by atoms with Gasteiger partial charge in [-0.2, -0.15) is 0 Å². The molecular weight excluding hydrogens is 208 g/mol. The second-order valence-corrected chi connectivity index (χ2v) is 4.75. The number of hydrogen-bond donors (Lipinski definition) is 1. The first-order valence-corrected chi connectivity index (χ1v) is 6.68. The highest BCUT2D eigenvalue weighted by Gasteiger charge is 2.16. The molecule has 2 nitrogen and oxygen atoms in total. The monoisotopic (exact) mass is 234 g/mol. The van der Waals surface area contributed by atoms with Crippen molar-refractivity contribution in [3.63, 3.8) is 0 Å². The number of likely N-dealkylation sites (N-methyl/N-ethyl adjacent to an activating group) is 1. The molecule has 0 aromatic heterocycles. The number of benzene rings is 1. The quantitative estimate of drug-likeness (QED) is 0.786. The fourth-order valence-corrected chi connectivity index (χ4v) is 2.45. The fraction of sp³-hybridized carbons (Fsp3) is 0.600. The molecule has 1 aromatic carbocycles. The molecule has 17 heavy (non-hydrogen) atoms. The lowest BCUT2D eigenvalue weighted by atomic mass is 9.97. The lowest BCUT2D eigenvalue weighted by Gasteiger charge is -2.30. The Balaban J connectivity index is 2.64. The molecular formula is C15H26N2. The SMILES string of the molecule is CCC(CC)N(C)CC(CN)c1ccccc1. The van der Waals surface area contributed by atoms with Gasteiger partial charge in [0.2, 0.25) is 0 Å². The van der Waals surface area contributed by atoms with Crippen molar-refractivity contribution in [2.24, 2.45) is 5.73 Å². The van der Waals surface area contributed by atoms with Crippen LogP contribution in [0.25, 0.3) is 0 Å². The average Bonchev–Trinajstić information content (AvgIpc) is 2.38. The molecule has 0 bridgehead atoms. The lowest BCUT2D eigenvalue weighted by molar-refractivity contribution is 0.217. The summed E-state index contributed by atoms with van der Waals surface area (Å²) in [6.45, 7) is 6.27. The molecule has 0 aliphatic carbocycles. The van der Waals surface area contributed by atoms with E-state index < -0.39 is 0 Å². The van der Waals surface area contributed by atoms with Gasteiger partial charge in [-0.3, -0.25) is 0 Å². The molecule has 0 amide bonds. The first kappa shape index (κ1) is 14.2. The predicted octanol–water partition coefficient (Wildman–Crippen LogP) is 2.85. The zero-order valence-electron chi connectivity index (χ0n) is 11.4. The molecule has 0 heterocycles. The van der Waals surface area contributed by atoms with Crippen LogP contribution in [0.5, 0.6) is 0 Å². The van der Waals surface area contributed by atoms with Crippen LogP contribution >= 0.6 is 0 Å². The van der Waals surface area contributed by atoms with E-state index in [0.717, 1.165) is 6.54 Å². The van der Waals surface area contributed by atoms with Crippen LogP contribution < -0.4 is 5.73 Å². The smallest absolute Gasteiger partial charge is 0.00888 e. The van der Waals surface area contributed by atoms with Crippen LogP contribution in [0, 0.1) is 0 Å². The first-order chi connectivity index (χ1) is 8.22. The topological polar surface area (TPSA) is 29.3 Å². The third kappa shape index (κ3) is 4.14. The highest BCUT2D eigenvalue weighted by Crippen LogP contribution is 2.17. The Hall–Kier alpha value is -0.860. The van der Waals surface area contributed by atoms with Crippen LogP contribution in [-0.2, 0) is 0 Å². The average molecular weight is 234 g/mol. The van der Waals surface area contributed by atoms with E-state index in [4.69, 9.17) is 5.73 Å². The summed E-state index contributed by atoms with van der Waals surface area (Å²) < 4.78 is 0. The largest absolute Gasteiger partial charge is 0.330 e. The maximum Gasteiger partial charge on any atom is 0.00888 e.